The van der Waals surface area contributed by atoms with E-state index in [1.165, 1.54) is 18.2 Å². The molecule has 2 aromatic rings. The van der Waals surface area contributed by atoms with E-state index in [0.29, 0.717) is 17.1 Å². The fourth-order valence-corrected chi connectivity index (χ4v) is 2.50. The number of hydrogen-bond donors (Lipinski definition) is 2. The Morgan fingerprint density at radius 2 is 1.85 bits per heavy atom. The zero-order valence-electron chi connectivity index (χ0n) is 14.7. The Hall–Kier alpha value is -2.85. The van der Waals surface area contributed by atoms with Gasteiger partial charge in [0.05, 0.1) is 18.0 Å². The number of likely N-dealkylation sites (N-methyl/N-ethyl adjacent to an activating group) is 1. The second-order valence-electron chi connectivity index (χ2n) is 5.89. The van der Waals surface area contributed by atoms with Gasteiger partial charge in [-0.2, -0.15) is 0 Å². The van der Waals surface area contributed by atoms with E-state index in [2.05, 4.69) is 31.5 Å². The molecule has 2 amide bonds. The normalized spacial score (nSPS) is 10.5. The second-order valence-corrected chi connectivity index (χ2v) is 6.80. The van der Waals surface area contributed by atoms with Gasteiger partial charge in [-0.1, -0.05) is 0 Å². The van der Waals surface area contributed by atoms with E-state index in [-0.39, 0.29) is 30.6 Å². The molecule has 2 N–H and O–H groups in total. The maximum atomic E-state index is 12.1. The number of rotatable bonds is 7. The third kappa shape index (κ3) is 6.42. The Balaban J connectivity index is 1.85. The number of nitro groups is 1. The van der Waals surface area contributed by atoms with Gasteiger partial charge in [0.25, 0.3) is 5.69 Å². The van der Waals surface area contributed by atoms with E-state index in [1.807, 2.05) is 0 Å². The van der Waals surface area contributed by atoms with Crippen LogP contribution < -0.4 is 10.6 Å². The highest BCUT2D eigenvalue weighted by molar-refractivity contribution is 9.10. The highest BCUT2D eigenvalue weighted by atomic mass is 79.9. The first-order valence-corrected chi connectivity index (χ1v) is 8.68. The molecule has 0 radical (unpaired) electrons. The van der Waals surface area contributed by atoms with Crippen LogP contribution in [0.3, 0.4) is 0 Å². The number of anilines is 2. The van der Waals surface area contributed by atoms with Gasteiger partial charge in [-0.25, -0.2) is 4.98 Å². The van der Waals surface area contributed by atoms with Gasteiger partial charge in [0.1, 0.15) is 5.82 Å². The second kappa shape index (κ2) is 9.19. The average Bonchev–Trinajstić information content (AvgIpc) is 2.58. The number of nitrogens with zero attached hydrogens (tertiary/aromatic N) is 3. The molecule has 0 aliphatic carbocycles. The summed E-state index contributed by atoms with van der Waals surface area (Å²) in [6.45, 7) is 1.66. The molecule has 0 bridgehead atoms. The summed E-state index contributed by atoms with van der Waals surface area (Å²) < 4.78 is 0.802. The van der Waals surface area contributed by atoms with Crippen LogP contribution in [0.5, 0.6) is 0 Å². The minimum absolute atomic E-state index is 0.00437. The summed E-state index contributed by atoms with van der Waals surface area (Å²) >= 11 is 3.26. The minimum Gasteiger partial charge on any atom is -0.325 e. The number of amides is 2. The van der Waals surface area contributed by atoms with Gasteiger partial charge in [0.2, 0.25) is 11.8 Å². The number of halogens is 1. The molecule has 1 heterocycles. The van der Waals surface area contributed by atoms with Gasteiger partial charge in [-0.15, -0.1) is 0 Å². The summed E-state index contributed by atoms with van der Waals surface area (Å²) in [7, 11) is 1.64. The van der Waals surface area contributed by atoms with Crippen molar-refractivity contribution in [3.05, 3.63) is 56.7 Å². The Morgan fingerprint density at radius 1 is 1.19 bits per heavy atom. The highest BCUT2D eigenvalue weighted by Crippen LogP contribution is 2.21. The van der Waals surface area contributed by atoms with E-state index >= 15 is 0 Å². The van der Waals surface area contributed by atoms with Crippen LogP contribution in [0.1, 0.15) is 5.56 Å². The van der Waals surface area contributed by atoms with E-state index in [4.69, 9.17) is 0 Å². The number of carbonyl (C=O) groups is 2. The Kier molecular flexibility index (Phi) is 6.97. The van der Waals surface area contributed by atoms with Crippen LogP contribution in [0.15, 0.2) is 41.0 Å². The molecule has 142 valence electrons. The SMILES string of the molecule is Cc1cc([N+](=O)[O-])ccc1NC(=O)CN(C)CC(=O)Nc1ccc(Br)cn1. The molecule has 10 heteroatoms. The molecule has 1 aromatic heterocycles. The molecule has 27 heavy (non-hydrogen) atoms. The van der Waals surface area contributed by atoms with Crippen LogP contribution in [0, 0.1) is 17.0 Å². The van der Waals surface area contributed by atoms with E-state index in [9.17, 15) is 19.7 Å². The number of pyridine rings is 1. The molecule has 9 nitrogen and oxygen atoms in total. The minimum atomic E-state index is -0.495. The molecule has 0 saturated carbocycles. The molecule has 0 aliphatic heterocycles. The quantitative estimate of drug-likeness (QED) is 0.509. The molecule has 0 aliphatic rings. The Labute approximate surface area is 164 Å². The van der Waals surface area contributed by atoms with Crippen molar-refractivity contribution in [3.8, 4) is 0 Å². The zero-order valence-corrected chi connectivity index (χ0v) is 16.3. The smallest absolute Gasteiger partial charge is 0.269 e. The maximum Gasteiger partial charge on any atom is 0.269 e. The number of benzene rings is 1. The summed E-state index contributed by atoms with van der Waals surface area (Å²) in [5.41, 5.74) is 1.03. The highest BCUT2D eigenvalue weighted by Gasteiger charge is 2.14. The summed E-state index contributed by atoms with van der Waals surface area (Å²) in [5, 5.41) is 16.1. The lowest BCUT2D eigenvalue weighted by molar-refractivity contribution is -0.384. The van der Waals surface area contributed by atoms with Crippen molar-refractivity contribution in [2.24, 2.45) is 0 Å². The van der Waals surface area contributed by atoms with Crippen molar-refractivity contribution < 1.29 is 14.5 Å². The monoisotopic (exact) mass is 435 g/mol. The first-order valence-electron chi connectivity index (χ1n) is 7.89. The van der Waals surface area contributed by atoms with Crippen molar-refractivity contribution in [1.82, 2.24) is 9.88 Å². The number of carbonyl (C=O) groups excluding carboxylic acids is 2. The third-order valence-corrected chi connectivity index (χ3v) is 3.99. The fraction of sp³-hybridized carbons (Fsp3) is 0.235. The molecule has 0 unspecified atom stereocenters. The zero-order chi connectivity index (χ0) is 20.0. The molecule has 0 spiro atoms. The number of nitrogens with one attached hydrogen (secondary N) is 2. The Bertz CT molecular complexity index is 857. The lowest BCUT2D eigenvalue weighted by Gasteiger charge is -2.16. The van der Waals surface area contributed by atoms with Gasteiger partial charge in [0, 0.05) is 28.5 Å². The van der Waals surface area contributed by atoms with Crippen LogP contribution in [-0.2, 0) is 9.59 Å². The maximum absolute atomic E-state index is 12.1. The van der Waals surface area contributed by atoms with E-state index in [1.54, 1.807) is 37.2 Å². The lowest BCUT2D eigenvalue weighted by Crippen LogP contribution is -2.36. The first-order chi connectivity index (χ1) is 12.7. The number of aromatic nitrogens is 1. The van der Waals surface area contributed by atoms with Crippen molar-refractivity contribution in [2.45, 2.75) is 6.92 Å². The van der Waals surface area contributed by atoms with Crippen molar-refractivity contribution >= 4 is 44.9 Å². The van der Waals surface area contributed by atoms with Crippen LogP contribution >= 0.6 is 15.9 Å². The summed E-state index contributed by atoms with van der Waals surface area (Å²) in [5.74, 6) is -0.210. The van der Waals surface area contributed by atoms with Crippen LogP contribution in [-0.4, -0.2) is 46.8 Å². The van der Waals surface area contributed by atoms with Gasteiger partial charge >= 0.3 is 0 Å². The van der Waals surface area contributed by atoms with Gasteiger partial charge < -0.3 is 10.6 Å². The predicted octanol–water partition coefficient (Wildman–Crippen LogP) is 2.57. The number of aryl methyl sites for hydroxylation is 1. The molecule has 1 aromatic carbocycles. The van der Waals surface area contributed by atoms with Crippen LogP contribution in [0.4, 0.5) is 17.2 Å². The third-order valence-electron chi connectivity index (χ3n) is 3.52. The van der Waals surface area contributed by atoms with Crippen molar-refractivity contribution in [2.75, 3.05) is 30.8 Å². The largest absolute Gasteiger partial charge is 0.325 e. The topological polar surface area (TPSA) is 117 Å². The predicted molar refractivity (Wildman–Crippen MR) is 105 cm³/mol. The number of non-ortho nitro benzene ring substituents is 1. The van der Waals surface area contributed by atoms with E-state index in [0.717, 1.165) is 4.47 Å². The summed E-state index contributed by atoms with van der Waals surface area (Å²) in [4.78, 5) is 40.0. The lowest BCUT2D eigenvalue weighted by atomic mass is 10.2. The molecule has 0 atom stereocenters. The average molecular weight is 436 g/mol. The van der Waals surface area contributed by atoms with Crippen LogP contribution in [0.2, 0.25) is 0 Å². The molecule has 0 fully saturated rings. The van der Waals surface area contributed by atoms with Gasteiger partial charge in [-0.3, -0.25) is 24.6 Å². The van der Waals surface area contributed by atoms with Gasteiger partial charge in [-0.05, 0) is 53.7 Å². The molecular formula is C17H18BrN5O4. The Morgan fingerprint density at radius 3 is 2.41 bits per heavy atom. The van der Waals surface area contributed by atoms with E-state index < -0.39 is 4.92 Å². The van der Waals surface area contributed by atoms with Crippen molar-refractivity contribution in [3.63, 3.8) is 0 Å². The molecule has 0 saturated heterocycles. The van der Waals surface area contributed by atoms with Gasteiger partial charge in [0.15, 0.2) is 0 Å². The molecular weight excluding hydrogens is 418 g/mol. The summed E-state index contributed by atoms with van der Waals surface area (Å²) in [6.07, 6.45) is 1.57. The molecule has 2 rings (SSSR count). The fourth-order valence-electron chi connectivity index (χ4n) is 2.27. The van der Waals surface area contributed by atoms with Crippen molar-refractivity contribution in [1.29, 1.82) is 0 Å². The first kappa shape index (κ1) is 20.5. The number of hydrogen-bond acceptors (Lipinski definition) is 6. The van der Waals surface area contributed by atoms with Crippen LogP contribution in [0.25, 0.3) is 0 Å². The number of nitro benzene ring substituents is 1. The summed E-state index contributed by atoms with van der Waals surface area (Å²) in [6, 6.07) is 7.61. The standard InChI is InChI=1S/C17H18BrN5O4/c1-11-7-13(23(26)27)4-5-14(11)20-16(24)9-22(2)10-17(25)21-15-6-3-12(18)8-19-15/h3-8H,9-10H2,1-2H3,(H,20,24)(H,19,21,25).